The van der Waals surface area contributed by atoms with E-state index in [2.05, 4.69) is 83.1 Å². The quantitative estimate of drug-likeness (QED) is 0.0383. The molecule has 9 unspecified atom stereocenters. The van der Waals surface area contributed by atoms with Crippen molar-refractivity contribution in [2.45, 2.75) is 276 Å². The molecule has 0 aliphatic heterocycles. The van der Waals surface area contributed by atoms with Crippen molar-refractivity contribution in [1.82, 2.24) is 0 Å². The fourth-order valence-corrected chi connectivity index (χ4v) is 12.6. The Morgan fingerprint density at radius 2 is 0.773 bits per heavy atom. The van der Waals surface area contributed by atoms with E-state index in [0.29, 0.717) is 36.9 Å². The monoisotopic (exact) mass is 946 g/mol. The summed E-state index contributed by atoms with van der Waals surface area (Å²) in [5.41, 5.74) is -2.61. The van der Waals surface area contributed by atoms with E-state index in [4.69, 9.17) is 0 Å². The van der Waals surface area contributed by atoms with Gasteiger partial charge in [0.15, 0.2) is 23.1 Å². The van der Waals surface area contributed by atoms with E-state index >= 15 is 0 Å². The van der Waals surface area contributed by atoms with Crippen LogP contribution in [0.3, 0.4) is 0 Å². The van der Waals surface area contributed by atoms with Gasteiger partial charge in [0.1, 0.15) is 5.56 Å². The van der Waals surface area contributed by atoms with Gasteiger partial charge >= 0.3 is 6.18 Å². The highest BCUT2D eigenvalue weighted by Crippen LogP contribution is 2.43. The van der Waals surface area contributed by atoms with E-state index in [9.17, 15) is 26.3 Å². The van der Waals surface area contributed by atoms with Crippen molar-refractivity contribution in [2.24, 2.45) is 47.3 Å². The third kappa shape index (κ3) is 26.2. The summed E-state index contributed by atoms with van der Waals surface area (Å²) in [6, 6.07) is 0.528. The maximum Gasteiger partial charge on any atom is 0.422 e. The Hall–Kier alpha value is -1.18. The molecule has 66 heavy (non-hydrogen) atoms. The van der Waals surface area contributed by atoms with Crippen molar-refractivity contribution in [2.75, 3.05) is 13.1 Å². The topological polar surface area (TPSA) is 4.44 Å². The Morgan fingerprint density at radius 3 is 1.03 bits per heavy atom. The molecular formula is C58H110BF6N. The third-order valence-corrected chi connectivity index (χ3v) is 16.2. The second-order valence-electron chi connectivity index (χ2n) is 22.5. The van der Waals surface area contributed by atoms with Crippen molar-refractivity contribution in [3.05, 3.63) is 29.1 Å². The number of quaternary nitrogens is 1. The lowest BCUT2D eigenvalue weighted by molar-refractivity contribution is -0.834. The van der Waals surface area contributed by atoms with E-state index in [1.807, 2.05) is 6.92 Å². The van der Waals surface area contributed by atoms with Crippen LogP contribution in [-0.4, -0.2) is 19.2 Å². The highest BCUT2D eigenvalue weighted by Gasteiger charge is 2.42. The molecule has 0 fully saturated rings. The number of halogens is 6. The van der Waals surface area contributed by atoms with Gasteiger partial charge in [-0.25, -0.2) is 8.78 Å². The fraction of sp³-hybridized carbons (Fsp3) is 0.897. The Balaban J connectivity index is 0.00000167. The van der Waals surface area contributed by atoms with Gasteiger partial charge in [0, 0.05) is 12.2 Å². The van der Waals surface area contributed by atoms with Crippen LogP contribution in [0.4, 0.5) is 32.0 Å². The van der Waals surface area contributed by atoms with E-state index < -0.39 is 34.9 Å². The lowest BCUT2D eigenvalue weighted by Crippen LogP contribution is -3.07. The number of rotatable bonds is 38. The number of nitrogens with one attached hydrogen (secondary N) is 1. The summed E-state index contributed by atoms with van der Waals surface area (Å²) in [6.45, 7) is 34.4. The smallest absolute Gasteiger partial charge is 0.300 e. The first-order valence-electron chi connectivity index (χ1n) is 28.6. The molecule has 0 heterocycles. The summed E-state index contributed by atoms with van der Waals surface area (Å²) >= 11 is 0. The molecule has 1 N–H and O–H groups in total. The highest BCUT2D eigenvalue weighted by molar-refractivity contribution is 6.80. The largest absolute Gasteiger partial charge is 0.422 e. The second kappa shape index (κ2) is 36.7. The van der Waals surface area contributed by atoms with Gasteiger partial charge in [0.25, 0.3) is 0 Å². The van der Waals surface area contributed by atoms with Crippen LogP contribution in [-0.2, 0) is 6.18 Å². The first-order valence-corrected chi connectivity index (χ1v) is 28.6. The van der Waals surface area contributed by atoms with Gasteiger partial charge in [0.2, 0.25) is 0 Å². The van der Waals surface area contributed by atoms with Crippen LogP contribution in [0.25, 0.3) is 0 Å². The van der Waals surface area contributed by atoms with Crippen LogP contribution in [0.2, 0.25) is 25.3 Å². The molecule has 1 aromatic rings. The number of benzene rings is 1. The Labute approximate surface area is 407 Å². The fourth-order valence-electron chi connectivity index (χ4n) is 12.6. The zero-order valence-corrected chi connectivity index (χ0v) is 46.0. The van der Waals surface area contributed by atoms with Crippen LogP contribution in [0, 0.1) is 64.8 Å². The SMILES string of the molecule is CCCC(CC)CCC(C)C[B-](CC(C)CCC(CC)CCC)(CC(C)CCC(CC)CCC)CC(C)CCC(CC)CCC.CCCC[NH+](CCC)c1cc(F)c(F)c(C(F)(F)F)c1F. The highest BCUT2D eigenvalue weighted by atomic mass is 19.4. The minimum absolute atomic E-state index is 0.347. The van der Waals surface area contributed by atoms with Crippen LogP contribution in [0.5, 0.6) is 0 Å². The van der Waals surface area contributed by atoms with Crippen LogP contribution in [0.15, 0.2) is 6.07 Å². The lowest BCUT2D eigenvalue weighted by atomic mass is 9.14. The molecule has 392 valence electrons. The van der Waals surface area contributed by atoms with Gasteiger partial charge in [0.05, 0.1) is 13.1 Å². The zero-order valence-electron chi connectivity index (χ0n) is 46.0. The lowest BCUT2D eigenvalue weighted by Gasteiger charge is -2.48. The van der Waals surface area contributed by atoms with E-state index in [-0.39, 0.29) is 6.15 Å². The van der Waals surface area contributed by atoms with Crippen molar-refractivity contribution in [3.63, 3.8) is 0 Å². The molecule has 1 rings (SSSR count). The molecule has 1 aromatic carbocycles. The molecule has 0 aromatic heterocycles. The summed E-state index contributed by atoms with van der Waals surface area (Å²) in [6.07, 6.45) is 31.0. The summed E-state index contributed by atoms with van der Waals surface area (Å²) in [5, 5.41) is 0. The molecule has 8 heteroatoms. The standard InChI is InChI=1S/C44H92B.C14H17F6N/c1-13-21-41(17-5)29-25-37(9)33-45(34-38(10)26-30-42(18-6)22-14-2,35-39(11)27-31-43(19-7)23-15-3)36-40(12)28-32-44(20-8)24-16-4;1-3-5-7-21(6-4-2)10-8-9(15)12(16)11(13(10)17)14(18,19)20/h37-44H,13-36H2,1-12H3;8H,3-7H2,1-2H3/q-1;/p+1. The Bertz CT molecular complexity index is 1210. The molecule has 0 spiro atoms. The zero-order chi connectivity index (χ0) is 50.3. The maximum atomic E-state index is 14.1. The Kier molecular flexibility index (Phi) is 36.1. The van der Waals surface area contributed by atoms with Gasteiger partial charge in [-0.3, -0.25) is 4.90 Å². The average molecular weight is 946 g/mol. The number of alkyl halides is 3. The van der Waals surface area contributed by atoms with Gasteiger partial charge in [-0.05, 0) is 36.5 Å². The molecule has 0 aliphatic rings. The van der Waals surface area contributed by atoms with Crippen molar-refractivity contribution in [3.8, 4) is 0 Å². The van der Waals surface area contributed by atoms with Crippen molar-refractivity contribution in [1.29, 1.82) is 0 Å². The normalized spacial score (nSPS) is 17.2. The molecule has 0 saturated carbocycles. The molecule has 0 amide bonds. The van der Waals surface area contributed by atoms with E-state index in [1.54, 1.807) is 32.2 Å². The predicted octanol–water partition coefficient (Wildman–Crippen LogP) is 20.3. The average Bonchev–Trinajstić information content (AvgIpc) is 3.26. The van der Waals surface area contributed by atoms with Gasteiger partial charge < -0.3 is 0 Å². The van der Waals surface area contributed by atoms with Crippen LogP contribution < -0.4 is 4.90 Å². The van der Waals surface area contributed by atoms with Crippen LogP contribution >= 0.6 is 0 Å². The molecule has 1 nitrogen and oxygen atoms in total. The van der Waals surface area contributed by atoms with Crippen molar-refractivity contribution < 1.29 is 31.2 Å². The van der Waals surface area contributed by atoms with E-state index in [1.165, 1.54) is 128 Å². The minimum Gasteiger partial charge on any atom is -0.300 e. The molecule has 0 radical (unpaired) electrons. The molecular weight excluding hydrogens is 835 g/mol. The summed E-state index contributed by atoms with van der Waals surface area (Å²) in [4.78, 5) is 0.390. The van der Waals surface area contributed by atoms with Gasteiger partial charge in [-0.1, -0.05) is 255 Å². The predicted molar refractivity (Wildman–Crippen MR) is 280 cm³/mol. The summed E-state index contributed by atoms with van der Waals surface area (Å²) in [5.74, 6) is 1.78. The van der Waals surface area contributed by atoms with E-state index in [0.717, 1.165) is 53.8 Å². The van der Waals surface area contributed by atoms with Gasteiger partial charge in [-0.15, -0.1) is 0 Å². The molecule has 9 atom stereocenters. The van der Waals surface area contributed by atoms with Crippen LogP contribution in [0.1, 0.15) is 250 Å². The number of unbranched alkanes of at least 4 members (excludes halogenated alkanes) is 1. The molecule has 0 aliphatic carbocycles. The first-order chi connectivity index (χ1) is 31.3. The van der Waals surface area contributed by atoms with Gasteiger partial charge in [-0.2, -0.15) is 42.8 Å². The second-order valence-corrected chi connectivity index (χ2v) is 22.5. The maximum absolute atomic E-state index is 14.1. The summed E-state index contributed by atoms with van der Waals surface area (Å²) in [7, 11) is 0. The molecule has 0 saturated heterocycles. The molecule has 0 bridgehead atoms. The Morgan fingerprint density at radius 1 is 0.439 bits per heavy atom. The number of hydrogen-bond donors (Lipinski definition) is 1. The third-order valence-electron chi connectivity index (χ3n) is 16.2. The van der Waals surface area contributed by atoms with Crippen molar-refractivity contribution >= 4 is 11.8 Å². The number of hydrogen-bond acceptors (Lipinski definition) is 0. The minimum atomic E-state index is -5.27. The first kappa shape index (κ1) is 64.8. The summed E-state index contributed by atoms with van der Waals surface area (Å²) < 4.78 is 78.9.